The van der Waals surface area contributed by atoms with Crippen molar-refractivity contribution in [1.29, 1.82) is 0 Å². The van der Waals surface area contributed by atoms with Crippen molar-refractivity contribution in [3.63, 3.8) is 0 Å². The normalized spacial score (nSPS) is 17.0. The second-order valence-electron chi connectivity index (χ2n) is 6.04. The van der Waals surface area contributed by atoms with Crippen molar-refractivity contribution < 1.29 is 14.3 Å². The van der Waals surface area contributed by atoms with Gasteiger partial charge in [0.15, 0.2) is 0 Å². The highest BCUT2D eigenvalue weighted by Gasteiger charge is 2.39. The van der Waals surface area contributed by atoms with E-state index in [1.54, 1.807) is 37.6 Å². The molecule has 0 bridgehead atoms. The Morgan fingerprint density at radius 1 is 1.08 bits per heavy atom. The molecule has 0 unspecified atom stereocenters. The van der Waals surface area contributed by atoms with Gasteiger partial charge < -0.3 is 10.1 Å². The lowest BCUT2D eigenvalue weighted by Crippen LogP contribution is -2.34. The van der Waals surface area contributed by atoms with Crippen molar-refractivity contribution in [3.05, 3.63) is 60.8 Å². The van der Waals surface area contributed by atoms with Gasteiger partial charge in [0.05, 0.1) is 24.7 Å². The molecule has 26 heavy (non-hydrogen) atoms. The van der Waals surface area contributed by atoms with Crippen LogP contribution in [0.1, 0.15) is 6.42 Å². The number of hydrogen-bond donors (Lipinski definition) is 1. The quantitative estimate of drug-likeness (QED) is 0.735. The first-order chi connectivity index (χ1) is 12.7. The van der Waals surface area contributed by atoms with Crippen molar-refractivity contribution in [2.75, 3.05) is 17.3 Å². The van der Waals surface area contributed by atoms with E-state index in [-0.39, 0.29) is 18.2 Å². The van der Waals surface area contributed by atoms with E-state index in [4.69, 9.17) is 4.74 Å². The molecule has 6 heteroatoms. The molecule has 1 aliphatic rings. The van der Waals surface area contributed by atoms with Crippen molar-refractivity contribution in [3.8, 4) is 5.75 Å². The molecular weight excluding hydrogens is 330 g/mol. The van der Waals surface area contributed by atoms with Crippen molar-refractivity contribution in [2.45, 2.75) is 12.5 Å². The van der Waals surface area contributed by atoms with E-state index in [0.717, 1.165) is 16.6 Å². The van der Waals surface area contributed by atoms with Gasteiger partial charge in [0.25, 0.3) is 5.91 Å². The van der Waals surface area contributed by atoms with Crippen LogP contribution in [-0.4, -0.2) is 29.9 Å². The van der Waals surface area contributed by atoms with Gasteiger partial charge in [-0.1, -0.05) is 6.07 Å². The van der Waals surface area contributed by atoms with Crippen LogP contribution in [0.5, 0.6) is 5.75 Å². The predicted octanol–water partition coefficient (Wildman–Crippen LogP) is 2.99. The molecule has 1 aliphatic heterocycles. The molecule has 1 atom stereocenters. The van der Waals surface area contributed by atoms with Crippen LogP contribution in [0.3, 0.4) is 0 Å². The number of imide groups is 1. The van der Waals surface area contributed by atoms with Crippen molar-refractivity contribution >= 4 is 34.1 Å². The third kappa shape index (κ3) is 2.75. The topological polar surface area (TPSA) is 71.5 Å². The summed E-state index contributed by atoms with van der Waals surface area (Å²) in [5.74, 6) is 0.183. The fourth-order valence-corrected chi connectivity index (χ4v) is 3.16. The molecule has 3 aromatic rings. The van der Waals surface area contributed by atoms with Gasteiger partial charge in [0.1, 0.15) is 11.8 Å². The first kappa shape index (κ1) is 16.1. The monoisotopic (exact) mass is 347 g/mol. The maximum absolute atomic E-state index is 12.8. The number of rotatable bonds is 4. The lowest BCUT2D eigenvalue weighted by atomic mass is 10.1. The molecule has 2 heterocycles. The van der Waals surface area contributed by atoms with E-state index in [2.05, 4.69) is 10.3 Å². The van der Waals surface area contributed by atoms with Crippen LogP contribution in [0.15, 0.2) is 60.8 Å². The summed E-state index contributed by atoms with van der Waals surface area (Å²) in [6.07, 6.45) is 1.84. The number of methoxy groups -OCH3 is 1. The number of ether oxygens (including phenoxy) is 1. The number of pyridine rings is 1. The van der Waals surface area contributed by atoms with E-state index in [1.165, 1.54) is 4.90 Å². The van der Waals surface area contributed by atoms with Crippen LogP contribution in [0.4, 0.5) is 11.4 Å². The number of carbonyl (C=O) groups excluding carboxylic acids is 2. The van der Waals surface area contributed by atoms with Gasteiger partial charge in [-0.05, 0) is 48.5 Å². The summed E-state index contributed by atoms with van der Waals surface area (Å²) in [6.45, 7) is 0. The number of nitrogens with zero attached hydrogens (tertiary/aromatic N) is 2. The lowest BCUT2D eigenvalue weighted by molar-refractivity contribution is -0.121. The van der Waals surface area contributed by atoms with E-state index in [9.17, 15) is 9.59 Å². The minimum Gasteiger partial charge on any atom is -0.497 e. The van der Waals surface area contributed by atoms with Gasteiger partial charge in [-0.15, -0.1) is 0 Å². The molecule has 0 radical (unpaired) electrons. The second kappa shape index (κ2) is 6.48. The fourth-order valence-electron chi connectivity index (χ4n) is 3.16. The van der Waals surface area contributed by atoms with Crippen LogP contribution in [0.2, 0.25) is 0 Å². The number of anilines is 2. The van der Waals surface area contributed by atoms with Gasteiger partial charge in [0.2, 0.25) is 5.91 Å². The highest BCUT2D eigenvalue weighted by atomic mass is 16.5. The predicted molar refractivity (Wildman–Crippen MR) is 99.3 cm³/mol. The van der Waals surface area contributed by atoms with Crippen LogP contribution in [0, 0.1) is 0 Å². The molecular formula is C20H17N3O3. The SMILES string of the molecule is COc1ccc(N2C(=O)C[C@H](Nc3cccc4ncccc34)C2=O)cc1. The van der Waals surface area contributed by atoms with Gasteiger partial charge in [-0.25, -0.2) is 4.90 Å². The number of benzene rings is 2. The van der Waals surface area contributed by atoms with E-state index in [0.29, 0.717) is 11.4 Å². The van der Waals surface area contributed by atoms with Gasteiger partial charge in [-0.3, -0.25) is 14.6 Å². The summed E-state index contributed by atoms with van der Waals surface area (Å²) in [4.78, 5) is 30.8. The molecule has 1 aromatic heterocycles. The summed E-state index contributed by atoms with van der Waals surface area (Å²) >= 11 is 0. The lowest BCUT2D eigenvalue weighted by Gasteiger charge is -2.17. The average molecular weight is 347 g/mol. The van der Waals surface area contributed by atoms with Gasteiger partial charge in [-0.2, -0.15) is 0 Å². The van der Waals surface area contributed by atoms with Crippen LogP contribution in [-0.2, 0) is 9.59 Å². The Labute approximate surface area is 150 Å². The van der Waals surface area contributed by atoms with Gasteiger partial charge >= 0.3 is 0 Å². The van der Waals surface area contributed by atoms with Crippen LogP contribution < -0.4 is 15.0 Å². The molecule has 6 nitrogen and oxygen atoms in total. The Hall–Kier alpha value is -3.41. The summed E-state index contributed by atoms with van der Waals surface area (Å²) < 4.78 is 5.12. The first-order valence-corrected chi connectivity index (χ1v) is 8.28. The van der Waals surface area contributed by atoms with Crippen LogP contribution in [0.25, 0.3) is 10.9 Å². The van der Waals surface area contributed by atoms with E-state index in [1.807, 2.05) is 30.3 Å². The fraction of sp³-hybridized carbons (Fsp3) is 0.150. The summed E-state index contributed by atoms with van der Waals surface area (Å²) in [5, 5.41) is 4.12. The Morgan fingerprint density at radius 3 is 2.65 bits per heavy atom. The summed E-state index contributed by atoms with van der Waals surface area (Å²) in [7, 11) is 1.57. The van der Waals surface area contributed by atoms with E-state index >= 15 is 0 Å². The molecule has 0 saturated carbocycles. The smallest absolute Gasteiger partial charge is 0.256 e. The second-order valence-corrected chi connectivity index (χ2v) is 6.04. The minimum absolute atomic E-state index is 0.113. The van der Waals surface area contributed by atoms with Crippen LogP contribution >= 0.6 is 0 Å². The van der Waals surface area contributed by atoms with E-state index < -0.39 is 6.04 Å². The molecule has 4 rings (SSSR count). The molecule has 0 aliphatic carbocycles. The summed E-state index contributed by atoms with van der Waals surface area (Å²) in [6, 6.07) is 15.7. The summed E-state index contributed by atoms with van der Waals surface area (Å²) in [5.41, 5.74) is 2.17. The molecule has 2 aromatic carbocycles. The Kier molecular flexibility index (Phi) is 4.01. The minimum atomic E-state index is -0.601. The first-order valence-electron chi connectivity index (χ1n) is 8.28. The Morgan fingerprint density at radius 2 is 1.88 bits per heavy atom. The highest BCUT2D eigenvalue weighted by Crippen LogP contribution is 2.28. The average Bonchev–Trinajstić information content (AvgIpc) is 2.95. The highest BCUT2D eigenvalue weighted by molar-refractivity contribution is 6.23. The molecule has 1 fully saturated rings. The standard InChI is InChI=1S/C20H17N3O3/c1-26-14-9-7-13(8-10-14)23-19(24)12-18(20(23)25)22-17-6-2-5-16-15(17)4-3-11-21-16/h2-11,18,22H,12H2,1H3/t18-/m0/s1. The number of hydrogen-bond acceptors (Lipinski definition) is 5. The zero-order valence-electron chi connectivity index (χ0n) is 14.2. The number of amides is 2. The molecule has 2 amide bonds. The van der Waals surface area contributed by atoms with Gasteiger partial charge in [0, 0.05) is 17.3 Å². The Balaban J connectivity index is 1.60. The molecule has 1 saturated heterocycles. The van der Waals surface area contributed by atoms with Crippen molar-refractivity contribution in [2.24, 2.45) is 0 Å². The van der Waals surface area contributed by atoms with Crippen molar-refractivity contribution in [1.82, 2.24) is 4.98 Å². The largest absolute Gasteiger partial charge is 0.497 e. The maximum Gasteiger partial charge on any atom is 0.256 e. The molecule has 0 spiro atoms. The molecule has 130 valence electrons. The number of fused-ring (bicyclic) bond motifs is 1. The Bertz CT molecular complexity index is 980. The number of carbonyl (C=O) groups is 2. The number of aromatic nitrogens is 1. The zero-order chi connectivity index (χ0) is 18.1. The molecule has 1 N–H and O–H groups in total. The third-order valence-corrected chi connectivity index (χ3v) is 4.45. The zero-order valence-corrected chi connectivity index (χ0v) is 14.2. The third-order valence-electron chi connectivity index (χ3n) is 4.45. The maximum atomic E-state index is 12.8. The number of nitrogens with one attached hydrogen (secondary N) is 1.